The number of benzene rings is 2. The normalized spacial score (nSPS) is 16.5. The predicted molar refractivity (Wildman–Crippen MR) is 136 cm³/mol. The maximum Gasteiger partial charge on any atom is 0.267 e. The molecule has 33 heavy (non-hydrogen) atoms. The van der Waals surface area contributed by atoms with E-state index in [1.165, 1.54) is 22.9 Å². The Morgan fingerprint density at radius 1 is 1.18 bits per heavy atom. The minimum atomic E-state index is -0.218. The molecule has 2 aromatic carbocycles. The lowest BCUT2D eigenvalue weighted by Gasteiger charge is -2.12. The number of phenols is 1. The minimum Gasteiger partial charge on any atom is -0.506 e. The van der Waals surface area contributed by atoms with Crippen LogP contribution in [0.3, 0.4) is 0 Å². The molecule has 1 aliphatic heterocycles. The number of hydrogen-bond acceptors (Lipinski definition) is 7. The molecular weight excluding hydrogens is 574 g/mol. The van der Waals surface area contributed by atoms with E-state index in [4.69, 9.17) is 9.15 Å². The SMILES string of the molecule is COc1ccccc1/C=C1\S/C(=N/N=C\c2cc(Br)cc(Br)c2O)N(Cc2ccco2)C1=O. The maximum absolute atomic E-state index is 13.2. The molecule has 4 rings (SSSR count). The number of carbonyl (C=O) groups excluding carboxylic acids is 1. The van der Waals surface area contributed by atoms with Gasteiger partial charge in [-0.3, -0.25) is 9.69 Å². The van der Waals surface area contributed by atoms with Crippen LogP contribution in [0.4, 0.5) is 0 Å². The van der Waals surface area contributed by atoms with Gasteiger partial charge in [0.15, 0.2) is 5.17 Å². The average molecular weight is 591 g/mol. The van der Waals surface area contributed by atoms with Crippen LogP contribution in [0.2, 0.25) is 0 Å². The Kier molecular flexibility index (Phi) is 7.36. The van der Waals surface area contributed by atoms with Gasteiger partial charge in [0.25, 0.3) is 5.91 Å². The molecule has 3 aromatic rings. The Morgan fingerprint density at radius 2 is 2.00 bits per heavy atom. The molecule has 0 bridgehead atoms. The highest BCUT2D eigenvalue weighted by Crippen LogP contribution is 2.35. The van der Waals surface area contributed by atoms with Crippen molar-refractivity contribution in [2.24, 2.45) is 10.2 Å². The summed E-state index contributed by atoms with van der Waals surface area (Å²) in [5, 5.41) is 19.0. The van der Waals surface area contributed by atoms with Gasteiger partial charge in [-0.25, -0.2) is 0 Å². The van der Waals surface area contributed by atoms with Gasteiger partial charge in [0.2, 0.25) is 0 Å². The highest BCUT2D eigenvalue weighted by Gasteiger charge is 2.34. The van der Waals surface area contributed by atoms with E-state index in [0.29, 0.717) is 31.6 Å². The number of methoxy groups -OCH3 is 1. The molecule has 1 N–H and O–H groups in total. The molecule has 1 aliphatic rings. The van der Waals surface area contributed by atoms with E-state index in [0.717, 1.165) is 10.0 Å². The number of phenolic OH excluding ortho intramolecular Hbond substituents is 1. The lowest BCUT2D eigenvalue weighted by atomic mass is 10.2. The predicted octanol–water partition coefficient (Wildman–Crippen LogP) is 6.03. The van der Waals surface area contributed by atoms with Crippen LogP contribution in [0.25, 0.3) is 6.08 Å². The summed E-state index contributed by atoms with van der Waals surface area (Å²) < 4.78 is 12.1. The van der Waals surface area contributed by atoms with E-state index < -0.39 is 0 Å². The number of furan rings is 1. The summed E-state index contributed by atoms with van der Waals surface area (Å²) in [6.07, 6.45) is 4.75. The number of carbonyl (C=O) groups is 1. The standard InChI is InChI=1S/C23H17Br2N3O4S/c1-31-19-7-3-2-5-14(19)10-20-22(30)28(13-17-6-4-8-32-17)23(33-20)27-26-12-15-9-16(24)11-18(25)21(15)29/h2-12,29H,13H2,1H3/b20-10-,26-12-,27-23+. The second kappa shape index (κ2) is 10.4. The number of rotatable bonds is 6. The van der Waals surface area contributed by atoms with Crippen LogP contribution < -0.4 is 4.74 Å². The Bertz CT molecular complexity index is 1270. The number of thioether (sulfide) groups is 1. The van der Waals surface area contributed by atoms with E-state index in [1.54, 1.807) is 43.7 Å². The molecule has 168 valence electrons. The molecule has 2 heterocycles. The molecule has 7 nitrogen and oxygen atoms in total. The van der Waals surface area contributed by atoms with Crippen molar-refractivity contribution in [1.82, 2.24) is 4.90 Å². The summed E-state index contributed by atoms with van der Waals surface area (Å²) >= 11 is 7.88. The van der Waals surface area contributed by atoms with E-state index in [1.807, 2.05) is 24.3 Å². The fraction of sp³-hybridized carbons (Fsp3) is 0.0870. The molecular formula is C23H17Br2N3O4S. The van der Waals surface area contributed by atoms with Crippen molar-refractivity contribution in [3.63, 3.8) is 0 Å². The summed E-state index contributed by atoms with van der Waals surface area (Å²) in [7, 11) is 1.58. The second-order valence-corrected chi connectivity index (χ2v) is 9.55. The van der Waals surface area contributed by atoms with E-state index in [9.17, 15) is 9.90 Å². The van der Waals surface area contributed by atoms with Gasteiger partial charge in [0, 0.05) is 15.6 Å². The first kappa shape index (κ1) is 23.3. The van der Waals surface area contributed by atoms with Gasteiger partial charge in [0.05, 0.1) is 35.5 Å². The Labute approximate surface area is 211 Å². The third-order valence-corrected chi connectivity index (χ3v) is 6.66. The van der Waals surface area contributed by atoms with Gasteiger partial charge >= 0.3 is 0 Å². The van der Waals surface area contributed by atoms with Crippen molar-refractivity contribution in [1.29, 1.82) is 0 Å². The summed E-state index contributed by atoms with van der Waals surface area (Å²) in [5.41, 5.74) is 1.25. The van der Waals surface area contributed by atoms with Crippen molar-refractivity contribution in [3.05, 3.63) is 85.5 Å². The van der Waals surface area contributed by atoms with E-state index in [-0.39, 0.29) is 18.2 Å². The molecule has 0 unspecified atom stereocenters. The molecule has 1 amide bonds. The quantitative estimate of drug-likeness (QED) is 0.215. The maximum atomic E-state index is 13.2. The largest absolute Gasteiger partial charge is 0.506 e. The number of amidine groups is 1. The van der Waals surface area contributed by atoms with Crippen molar-refractivity contribution >= 4 is 67.0 Å². The summed E-state index contributed by atoms with van der Waals surface area (Å²) in [4.78, 5) is 15.2. The van der Waals surface area contributed by atoms with Crippen LogP contribution in [-0.4, -0.2) is 34.4 Å². The molecule has 0 aliphatic carbocycles. The van der Waals surface area contributed by atoms with Gasteiger partial charge in [0.1, 0.15) is 17.3 Å². The molecule has 0 spiro atoms. The van der Waals surface area contributed by atoms with Gasteiger partial charge in [-0.05, 0) is 64.1 Å². The highest BCUT2D eigenvalue weighted by molar-refractivity contribution is 9.11. The lowest BCUT2D eigenvalue weighted by molar-refractivity contribution is -0.122. The molecule has 1 saturated heterocycles. The van der Waals surface area contributed by atoms with Crippen molar-refractivity contribution in [2.45, 2.75) is 6.54 Å². The van der Waals surface area contributed by atoms with Crippen molar-refractivity contribution in [2.75, 3.05) is 7.11 Å². The first-order valence-electron chi connectivity index (χ1n) is 9.62. The zero-order valence-corrected chi connectivity index (χ0v) is 21.2. The van der Waals surface area contributed by atoms with Gasteiger partial charge in [-0.1, -0.05) is 34.1 Å². The number of para-hydroxylation sites is 1. The fourth-order valence-electron chi connectivity index (χ4n) is 3.03. The number of ether oxygens (including phenoxy) is 1. The van der Waals surface area contributed by atoms with Crippen LogP contribution in [0, 0.1) is 0 Å². The molecule has 0 atom stereocenters. The molecule has 0 radical (unpaired) electrons. The second-order valence-electron chi connectivity index (χ2n) is 6.78. The minimum absolute atomic E-state index is 0.0431. The van der Waals surface area contributed by atoms with Crippen molar-refractivity contribution in [3.8, 4) is 11.5 Å². The molecule has 1 aromatic heterocycles. The molecule has 1 fully saturated rings. The average Bonchev–Trinajstić information content (AvgIpc) is 3.41. The number of aromatic hydroxyl groups is 1. The topological polar surface area (TPSA) is 87.6 Å². The first-order valence-corrected chi connectivity index (χ1v) is 12.0. The zero-order chi connectivity index (χ0) is 23.4. The van der Waals surface area contributed by atoms with Gasteiger partial charge in [-0.15, -0.1) is 5.10 Å². The molecule has 0 saturated carbocycles. The Balaban J connectivity index is 1.67. The Morgan fingerprint density at radius 3 is 2.76 bits per heavy atom. The highest BCUT2D eigenvalue weighted by atomic mass is 79.9. The fourth-order valence-corrected chi connectivity index (χ4v) is 5.22. The number of halogens is 2. The van der Waals surface area contributed by atoms with Gasteiger partial charge < -0.3 is 14.3 Å². The first-order chi connectivity index (χ1) is 16.0. The number of nitrogens with zero attached hydrogens (tertiary/aromatic N) is 3. The third kappa shape index (κ3) is 5.40. The van der Waals surface area contributed by atoms with Crippen LogP contribution >= 0.6 is 43.6 Å². The van der Waals surface area contributed by atoms with Crippen LogP contribution in [0.1, 0.15) is 16.9 Å². The van der Waals surface area contributed by atoms with Crippen LogP contribution in [0.5, 0.6) is 11.5 Å². The van der Waals surface area contributed by atoms with E-state index >= 15 is 0 Å². The summed E-state index contributed by atoms with van der Waals surface area (Å²) in [6, 6.07) is 14.4. The van der Waals surface area contributed by atoms with Crippen LogP contribution in [-0.2, 0) is 11.3 Å². The Hall–Kier alpha value is -2.82. The van der Waals surface area contributed by atoms with Crippen LogP contribution in [0.15, 0.2) is 83.3 Å². The summed E-state index contributed by atoms with van der Waals surface area (Å²) in [6.45, 7) is 0.212. The monoisotopic (exact) mass is 589 g/mol. The number of amides is 1. The van der Waals surface area contributed by atoms with E-state index in [2.05, 4.69) is 42.1 Å². The van der Waals surface area contributed by atoms with Crippen molar-refractivity contribution < 1.29 is 19.1 Å². The zero-order valence-electron chi connectivity index (χ0n) is 17.2. The smallest absolute Gasteiger partial charge is 0.267 e. The molecule has 10 heteroatoms. The lowest BCUT2D eigenvalue weighted by Crippen LogP contribution is -2.28. The third-order valence-electron chi connectivity index (χ3n) is 4.61. The number of hydrogen-bond donors (Lipinski definition) is 1. The van der Waals surface area contributed by atoms with Gasteiger partial charge in [-0.2, -0.15) is 5.10 Å². The summed E-state index contributed by atoms with van der Waals surface area (Å²) in [5.74, 6) is 1.11.